The maximum atomic E-state index is 13.5. The van der Waals surface area contributed by atoms with Gasteiger partial charge in [0.05, 0.1) is 18.3 Å². The average molecular weight is 274 g/mol. The fraction of sp³-hybridized carbons (Fsp3) is 0.200. The van der Waals surface area contributed by atoms with E-state index >= 15 is 0 Å². The lowest BCUT2D eigenvalue weighted by Gasteiger charge is -2.07. The Morgan fingerprint density at radius 3 is 2.88 bits per heavy atom. The number of halogens is 2. The van der Waals surface area contributed by atoms with Gasteiger partial charge < -0.3 is 10.1 Å². The molecule has 1 aromatic heterocycles. The number of nitrogens with one attached hydrogen (secondary N) is 1. The van der Waals surface area contributed by atoms with Crippen LogP contribution in [0.2, 0.25) is 5.15 Å². The van der Waals surface area contributed by atoms with E-state index in [1.165, 1.54) is 6.07 Å². The van der Waals surface area contributed by atoms with Crippen LogP contribution in [0.5, 0.6) is 5.75 Å². The van der Waals surface area contributed by atoms with Gasteiger partial charge in [-0.3, -0.25) is 0 Å². The summed E-state index contributed by atoms with van der Waals surface area (Å²) in [5.74, 6) is 0.205. The summed E-state index contributed by atoms with van der Waals surface area (Å²) >= 11 is 6.75. The van der Waals surface area contributed by atoms with Crippen LogP contribution in [0.4, 0.5) is 15.9 Å². The fourth-order valence-electron chi connectivity index (χ4n) is 1.24. The van der Waals surface area contributed by atoms with Crippen molar-refractivity contribution in [1.29, 1.82) is 0 Å². The molecule has 2 rings (SSSR count). The Balaban J connectivity index is 2.18. The van der Waals surface area contributed by atoms with Crippen molar-refractivity contribution in [3.8, 4) is 5.75 Å². The molecule has 17 heavy (non-hydrogen) atoms. The molecule has 0 saturated heterocycles. The fourth-order valence-corrected chi connectivity index (χ4v) is 1.89. The predicted molar refractivity (Wildman–Crippen MR) is 65.8 cm³/mol. The van der Waals surface area contributed by atoms with Gasteiger partial charge in [-0.15, -0.1) is 0 Å². The van der Waals surface area contributed by atoms with E-state index in [-0.39, 0.29) is 10.9 Å². The molecular weight excluding hydrogens is 265 g/mol. The van der Waals surface area contributed by atoms with Crippen LogP contribution >= 0.6 is 23.3 Å². The summed E-state index contributed by atoms with van der Waals surface area (Å²) in [4.78, 5) is 0. The second kappa shape index (κ2) is 5.29. The van der Waals surface area contributed by atoms with Crippen LogP contribution in [0.25, 0.3) is 0 Å². The van der Waals surface area contributed by atoms with Gasteiger partial charge in [0.15, 0.2) is 22.5 Å². The van der Waals surface area contributed by atoms with E-state index in [0.717, 1.165) is 11.7 Å². The van der Waals surface area contributed by atoms with Gasteiger partial charge >= 0.3 is 0 Å². The normalized spacial score (nSPS) is 10.3. The van der Waals surface area contributed by atoms with Crippen LogP contribution in [-0.4, -0.2) is 15.4 Å². The zero-order valence-electron chi connectivity index (χ0n) is 8.91. The molecule has 4 nitrogen and oxygen atoms in total. The summed E-state index contributed by atoms with van der Waals surface area (Å²) in [6.07, 6.45) is 0. The molecule has 7 heteroatoms. The topological polar surface area (TPSA) is 47.0 Å². The van der Waals surface area contributed by atoms with Crippen LogP contribution in [0.3, 0.4) is 0 Å². The highest BCUT2D eigenvalue weighted by Gasteiger charge is 2.08. The summed E-state index contributed by atoms with van der Waals surface area (Å²) in [5.41, 5.74) is 0.542. The van der Waals surface area contributed by atoms with Gasteiger partial charge in [-0.2, -0.15) is 8.75 Å². The first-order valence-electron chi connectivity index (χ1n) is 4.88. The highest BCUT2D eigenvalue weighted by atomic mass is 35.5. The van der Waals surface area contributed by atoms with Crippen molar-refractivity contribution in [2.45, 2.75) is 6.92 Å². The summed E-state index contributed by atoms with van der Waals surface area (Å²) in [6.45, 7) is 2.22. The van der Waals surface area contributed by atoms with Crippen molar-refractivity contribution in [3.05, 3.63) is 29.2 Å². The number of hydrogen-bond acceptors (Lipinski definition) is 5. The Bertz CT molecular complexity index is 520. The Labute approximate surface area is 107 Å². The van der Waals surface area contributed by atoms with E-state index in [0.29, 0.717) is 18.1 Å². The van der Waals surface area contributed by atoms with Crippen molar-refractivity contribution < 1.29 is 9.13 Å². The van der Waals surface area contributed by atoms with Crippen molar-refractivity contribution in [2.24, 2.45) is 0 Å². The standard InChI is InChI=1S/C10H9ClFN3OS/c1-2-16-8-4-3-6(5-7(8)12)13-10-9(11)14-17-15-10/h3-5H,2H2,1H3,(H,13,15). The maximum absolute atomic E-state index is 13.5. The molecule has 90 valence electrons. The highest BCUT2D eigenvalue weighted by Crippen LogP contribution is 2.26. The largest absolute Gasteiger partial charge is 0.491 e. The van der Waals surface area contributed by atoms with Crippen molar-refractivity contribution in [1.82, 2.24) is 8.75 Å². The number of anilines is 2. The lowest BCUT2D eigenvalue weighted by molar-refractivity contribution is 0.321. The predicted octanol–water partition coefficient (Wildman–Crippen LogP) is 3.47. The number of aromatic nitrogens is 2. The van der Waals surface area contributed by atoms with Gasteiger partial charge in [0, 0.05) is 11.8 Å². The third-order valence-electron chi connectivity index (χ3n) is 1.94. The minimum atomic E-state index is -0.434. The van der Waals surface area contributed by atoms with Crippen LogP contribution in [-0.2, 0) is 0 Å². The third-order valence-corrected chi connectivity index (χ3v) is 2.84. The second-order valence-corrected chi connectivity index (χ2v) is 3.99. The quantitative estimate of drug-likeness (QED) is 0.926. The Morgan fingerprint density at radius 2 is 2.29 bits per heavy atom. The Hall–Kier alpha value is -1.40. The van der Waals surface area contributed by atoms with Gasteiger partial charge in [0.2, 0.25) is 0 Å². The molecular formula is C10H9ClFN3OS. The lowest BCUT2D eigenvalue weighted by Crippen LogP contribution is -1.96. The number of benzene rings is 1. The number of ether oxygens (including phenoxy) is 1. The van der Waals surface area contributed by atoms with Gasteiger partial charge in [-0.05, 0) is 19.1 Å². The molecule has 0 saturated carbocycles. The SMILES string of the molecule is CCOc1ccc(Nc2nsnc2Cl)cc1F. The highest BCUT2D eigenvalue weighted by molar-refractivity contribution is 6.99. The smallest absolute Gasteiger partial charge is 0.187 e. The molecule has 2 aromatic rings. The molecule has 0 spiro atoms. The second-order valence-electron chi connectivity index (χ2n) is 3.11. The Morgan fingerprint density at radius 1 is 1.47 bits per heavy atom. The summed E-state index contributed by atoms with van der Waals surface area (Å²) in [6, 6.07) is 4.55. The van der Waals surface area contributed by atoms with Crippen LogP contribution in [0, 0.1) is 5.82 Å². The molecule has 0 unspecified atom stereocenters. The molecule has 0 aliphatic heterocycles. The van der Waals surface area contributed by atoms with Gasteiger partial charge in [-0.25, -0.2) is 4.39 Å². The molecule has 0 aliphatic rings. The minimum absolute atomic E-state index is 0.223. The molecule has 0 fully saturated rings. The van der Waals surface area contributed by atoms with Gasteiger partial charge in [0.25, 0.3) is 0 Å². The summed E-state index contributed by atoms with van der Waals surface area (Å²) in [5, 5.41) is 3.14. The number of nitrogens with zero attached hydrogens (tertiary/aromatic N) is 2. The lowest BCUT2D eigenvalue weighted by atomic mass is 10.3. The van der Waals surface area contributed by atoms with E-state index in [4.69, 9.17) is 16.3 Å². The van der Waals surface area contributed by atoms with E-state index in [2.05, 4.69) is 14.1 Å². The maximum Gasteiger partial charge on any atom is 0.187 e. The van der Waals surface area contributed by atoms with E-state index in [1.807, 2.05) is 0 Å². The number of hydrogen-bond donors (Lipinski definition) is 1. The van der Waals surface area contributed by atoms with Crippen LogP contribution in [0.1, 0.15) is 6.92 Å². The van der Waals surface area contributed by atoms with E-state index in [9.17, 15) is 4.39 Å². The zero-order chi connectivity index (χ0) is 12.3. The Kier molecular flexibility index (Phi) is 3.75. The van der Waals surface area contributed by atoms with Crippen LogP contribution in [0.15, 0.2) is 18.2 Å². The van der Waals surface area contributed by atoms with E-state index < -0.39 is 5.82 Å². The third kappa shape index (κ3) is 2.83. The van der Waals surface area contributed by atoms with Crippen molar-refractivity contribution in [2.75, 3.05) is 11.9 Å². The molecule has 1 aromatic carbocycles. The van der Waals surface area contributed by atoms with Gasteiger partial charge in [-0.1, -0.05) is 11.6 Å². The molecule has 0 atom stereocenters. The monoisotopic (exact) mass is 273 g/mol. The van der Waals surface area contributed by atoms with Crippen LogP contribution < -0.4 is 10.1 Å². The van der Waals surface area contributed by atoms with E-state index in [1.54, 1.807) is 19.1 Å². The first-order valence-corrected chi connectivity index (χ1v) is 5.99. The minimum Gasteiger partial charge on any atom is -0.491 e. The first-order chi connectivity index (χ1) is 8.20. The molecule has 0 bridgehead atoms. The molecule has 0 radical (unpaired) electrons. The summed E-state index contributed by atoms with van der Waals surface area (Å²) < 4.78 is 26.4. The zero-order valence-corrected chi connectivity index (χ0v) is 10.5. The molecule has 0 amide bonds. The molecule has 1 N–H and O–H groups in total. The molecule has 1 heterocycles. The number of rotatable bonds is 4. The van der Waals surface area contributed by atoms with Crippen molar-refractivity contribution in [3.63, 3.8) is 0 Å². The summed E-state index contributed by atoms with van der Waals surface area (Å²) in [7, 11) is 0. The average Bonchev–Trinajstić information content (AvgIpc) is 2.69. The van der Waals surface area contributed by atoms with Gasteiger partial charge in [0.1, 0.15) is 0 Å². The van der Waals surface area contributed by atoms with Crippen molar-refractivity contribution >= 4 is 34.8 Å². The molecule has 0 aliphatic carbocycles. The first kappa shape index (κ1) is 12.1.